The van der Waals surface area contributed by atoms with E-state index < -0.39 is 47.2 Å². The molecule has 0 unspecified atom stereocenters. The van der Waals surface area contributed by atoms with Gasteiger partial charge in [0.05, 0.1) is 24.3 Å². The number of aromatic nitrogens is 2. The van der Waals surface area contributed by atoms with Gasteiger partial charge in [-0.2, -0.15) is 5.10 Å². The lowest BCUT2D eigenvalue weighted by Gasteiger charge is -2.09. The summed E-state index contributed by atoms with van der Waals surface area (Å²) in [5, 5.41) is 10.1. The van der Waals surface area contributed by atoms with Crippen molar-refractivity contribution in [3.8, 4) is 10.4 Å². The molecule has 0 aliphatic carbocycles. The lowest BCUT2D eigenvalue weighted by molar-refractivity contribution is 0.0528. The molecule has 0 saturated heterocycles. The molecule has 37 heavy (non-hydrogen) atoms. The molecule has 0 amide bonds. The number of nitrogens with zero attached hydrogens (tertiary/aromatic N) is 2. The molecule has 4 aromatic rings. The molecular weight excluding hydrogens is 535 g/mol. The van der Waals surface area contributed by atoms with Gasteiger partial charge in [-0.3, -0.25) is 4.68 Å². The number of esters is 1. The van der Waals surface area contributed by atoms with Gasteiger partial charge in [-0.15, -0.1) is 11.3 Å². The van der Waals surface area contributed by atoms with Crippen molar-refractivity contribution in [1.82, 2.24) is 9.78 Å². The topological polar surface area (TPSA) is 68.2 Å². The van der Waals surface area contributed by atoms with Gasteiger partial charge in [-0.25, -0.2) is 26.7 Å². The van der Waals surface area contributed by atoms with Crippen molar-refractivity contribution in [3.63, 3.8) is 0 Å². The third-order valence-electron chi connectivity index (χ3n) is 5.02. The van der Waals surface area contributed by atoms with E-state index in [1.54, 1.807) is 13.0 Å². The number of halogens is 5. The molecule has 0 bridgehead atoms. The molecule has 2 aromatic heterocycles. The fourth-order valence-corrected chi connectivity index (χ4v) is 4.63. The molecule has 6 nitrogen and oxygen atoms in total. The van der Waals surface area contributed by atoms with Gasteiger partial charge >= 0.3 is 5.97 Å². The Morgan fingerprint density at radius 3 is 2.30 bits per heavy atom. The summed E-state index contributed by atoms with van der Waals surface area (Å²) in [5.41, 5.74) is 0.126. The molecule has 0 aliphatic heterocycles. The summed E-state index contributed by atoms with van der Waals surface area (Å²) < 4.78 is 74.3. The highest BCUT2D eigenvalue weighted by atomic mass is 32.1. The number of rotatable bonds is 7. The summed E-state index contributed by atoms with van der Waals surface area (Å²) in [5.74, 6) is -10.6. The summed E-state index contributed by atoms with van der Waals surface area (Å²) in [6.07, 6.45) is 1.27. The lowest BCUT2D eigenvalue weighted by atomic mass is 10.1. The van der Waals surface area contributed by atoms with Crippen LogP contribution in [0.15, 0.2) is 48.7 Å². The van der Waals surface area contributed by atoms with Crippen LogP contribution in [-0.4, -0.2) is 27.5 Å². The molecule has 0 fully saturated rings. The SMILES string of the molecule is CCOC(=O)c1cc(-c2ccccc2)sc1NC(=S)Nc1ccn(Cc2c(F)c(F)c(F)c(F)c2F)n1. The lowest BCUT2D eigenvalue weighted by Crippen LogP contribution is -2.20. The van der Waals surface area contributed by atoms with Crippen LogP contribution in [0, 0.1) is 29.1 Å². The molecule has 2 aromatic carbocycles. The monoisotopic (exact) mass is 552 g/mol. The molecule has 4 rings (SSSR count). The number of ether oxygens (including phenoxy) is 1. The van der Waals surface area contributed by atoms with Crippen LogP contribution in [0.5, 0.6) is 0 Å². The predicted molar refractivity (Wildman–Crippen MR) is 133 cm³/mol. The van der Waals surface area contributed by atoms with Gasteiger partial charge in [0.15, 0.2) is 34.2 Å². The third-order valence-corrected chi connectivity index (χ3v) is 6.32. The fourth-order valence-electron chi connectivity index (χ4n) is 3.31. The Morgan fingerprint density at radius 1 is 1.00 bits per heavy atom. The molecule has 0 radical (unpaired) electrons. The number of hydrogen-bond acceptors (Lipinski definition) is 5. The Morgan fingerprint density at radius 2 is 1.65 bits per heavy atom. The Labute approximate surface area is 216 Å². The number of carbonyl (C=O) groups excluding carboxylic acids is 1. The first-order valence-electron chi connectivity index (χ1n) is 10.7. The van der Waals surface area contributed by atoms with E-state index >= 15 is 0 Å². The molecule has 192 valence electrons. The van der Waals surface area contributed by atoms with E-state index in [0.717, 1.165) is 15.1 Å². The normalized spacial score (nSPS) is 10.9. The predicted octanol–water partition coefficient (Wildman–Crippen LogP) is 6.34. The molecule has 0 spiro atoms. The molecule has 0 atom stereocenters. The number of thiophene rings is 1. The molecule has 0 saturated carbocycles. The van der Waals surface area contributed by atoms with Gasteiger partial charge in [0, 0.05) is 17.1 Å². The minimum Gasteiger partial charge on any atom is -0.462 e. The zero-order chi connectivity index (χ0) is 26.7. The average molecular weight is 553 g/mol. The highest BCUT2D eigenvalue weighted by Gasteiger charge is 2.26. The van der Waals surface area contributed by atoms with Crippen molar-refractivity contribution < 1.29 is 31.5 Å². The van der Waals surface area contributed by atoms with Crippen molar-refractivity contribution in [1.29, 1.82) is 0 Å². The van der Waals surface area contributed by atoms with E-state index in [-0.39, 0.29) is 23.1 Å². The van der Waals surface area contributed by atoms with Gasteiger partial charge in [0.2, 0.25) is 5.82 Å². The second kappa shape index (κ2) is 11.0. The van der Waals surface area contributed by atoms with Crippen LogP contribution in [0.4, 0.5) is 32.8 Å². The van der Waals surface area contributed by atoms with Crippen molar-refractivity contribution >= 4 is 45.5 Å². The van der Waals surface area contributed by atoms with Crippen LogP contribution < -0.4 is 10.6 Å². The summed E-state index contributed by atoms with van der Waals surface area (Å²) in [7, 11) is 0. The van der Waals surface area contributed by atoms with E-state index in [2.05, 4.69) is 15.7 Å². The van der Waals surface area contributed by atoms with Crippen LogP contribution >= 0.6 is 23.6 Å². The van der Waals surface area contributed by atoms with Gasteiger partial charge in [-0.1, -0.05) is 30.3 Å². The molecule has 0 aliphatic rings. The first-order valence-corrected chi connectivity index (χ1v) is 11.9. The van der Waals surface area contributed by atoms with Crippen LogP contribution in [0.1, 0.15) is 22.8 Å². The van der Waals surface area contributed by atoms with E-state index in [9.17, 15) is 26.7 Å². The standard InChI is InChI=1S/C24H17F5N4O2S2/c1-2-35-23(34)13-10-15(12-6-4-3-5-7-12)37-22(13)31-24(36)30-16-8-9-33(32-16)11-14-17(25)19(27)21(29)20(28)18(14)26/h3-10H,2,11H2,1H3,(H2,30,31,32,36). The molecular formula is C24H17F5N4O2S2. The Balaban J connectivity index is 1.51. The van der Waals surface area contributed by atoms with E-state index in [1.807, 2.05) is 30.3 Å². The summed E-state index contributed by atoms with van der Waals surface area (Å²) in [4.78, 5) is 13.3. The van der Waals surface area contributed by atoms with Gasteiger partial charge in [-0.05, 0) is 30.8 Å². The molecule has 13 heteroatoms. The van der Waals surface area contributed by atoms with E-state index in [0.29, 0.717) is 5.00 Å². The minimum absolute atomic E-state index is 0.0356. The zero-order valence-corrected chi connectivity index (χ0v) is 20.6. The number of hydrogen-bond donors (Lipinski definition) is 2. The van der Waals surface area contributed by atoms with Gasteiger partial charge < -0.3 is 15.4 Å². The summed E-state index contributed by atoms with van der Waals surface area (Å²) in [6, 6.07) is 12.4. The maximum absolute atomic E-state index is 14.0. The number of carbonyl (C=O) groups is 1. The highest BCUT2D eigenvalue weighted by molar-refractivity contribution is 7.80. The van der Waals surface area contributed by atoms with Crippen LogP contribution in [0.25, 0.3) is 10.4 Å². The van der Waals surface area contributed by atoms with Gasteiger partial charge in [0.1, 0.15) is 5.00 Å². The fraction of sp³-hybridized carbons (Fsp3) is 0.125. The summed E-state index contributed by atoms with van der Waals surface area (Å²) >= 11 is 6.58. The first kappa shape index (κ1) is 26.2. The molecule has 2 heterocycles. The van der Waals surface area contributed by atoms with E-state index in [1.165, 1.54) is 23.6 Å². The number of thiocarbonyl (C=S) groups is 1. The second-order valence-corrected chi connectivity index (χ2v) is 8.93. The Bertz CT molecular complexity index is 1440. The zero-order valence-electron chi connectivity index (χ0n) is 19.0. The highest BCUT2D eigenvalue weighted by Crippen LogP contribution is 2.36. The maximum Gasteiger partial charge on any atom is 0.341 e. The van der Waals surface area contributed by atoms with Crippen molar-refractivity contribution in [3.05, 3.63) is 88.9 Å². The molecule has 2 N–H and O–H groups in total. The number of anilines is 2. The smallest absolute Gasteiger partial charge is 0.341 e. The first-order chi connectivity index (χ1) is 17.7. The number of nitrogens with one attached hydrogen (secondary N) is 2. The van der Waals surface area contributed by atoms with Crippen molar-refractivity contribution in [2.24, 2.45) is 0 Å². The van der Waals surface area contributed by atoms with Crippen LogP contribution in [0.3, 0.4) is 0 Å². The quantitative estimate of drug-likeness (QED) is 0.0917. The van der Waals surface area contributed by atoms with E-state index in [4.69, 9.17) is 17.0 Å². The van der Waals surface area contributed by atoms with Crippen LogP contribution in [0.2, 0.25) is 0 Å². The van der Waals surface area contributed by atoms with Crippen molar-refractivity contribution in [2.45, 2.75) is 13.5 Å². The Hall–Kier alpha value is -3.84. The van der Waals surface area contributed by atoms with Gasteiger partial charge in [0.25, 0.3) is 0 Å². The Kier molecular flexibility index (Phi) is 7.83. The summed E-state index contributed by atoms with van der Waals surface area (Å²) in [6.45, 7) is 1.15. The number of benzene rings is 2. The maximum atomic E-state index is 14.0. The largest absolute Gasteiger partial charge is 0.462 e. The van der Waals surface area contributed by atoms with Crippen LogP contribution in [-0.2, 0) is 11.3 Å². The minimum atomic E-state index is -2.23. The average Bonchev–Trinajstić information content (AvgIpc) is 3.51. The van der Waals surface area contributed by atoms with Crippen molar-refractivity contribution in [2.75, 3.05) is 17.2 Å². The third kappa shape index (κ3) is 5.62. The second-order valence-electron chi connectivity index (χ2n) is 7.47.